The van der Waals surface area contributed by atoms with Gasteiger partial charge in [-0.25, -0.2) is 0 Å². The number of benzene rings is 1. The summed E-state index contributed by atoms with van der Waals surface area (Å²) in [5.41, 5.74) is 0.720. The minimum absolute atomic E-state index is 0.0784. The molecule has 2 aromatic rings. The predicted molar refractivity (Wildman–Crippen MR) is 115 cm³/mol. The lowest BCUT2D eigenvalue weighted by Crippen LogP contribution is -2.49. The first-order chi connectivity index (χ1) is 13.7. The zero-order valence-corrected chi connectivity index (χ0v) is 17.6. The molecule has 0 atom stereocenters. The number of nitrogens with zero attached hydrogens (tertiary/aromatic N) is 5. The van der Waals surface area contributed by atoms with Crippen molar-refractivity contribution in [3.8, 4) is 0 Å². The molecule has 2 aliphatic heterocycles. The molecule has 148 valence electrons. The molecule has 4 rings (SSSR count). The molecule has 2 fully saturated rings. The molecular weight excluding hydrogens is 418 g/mol. The van der Waals surface area contributed by atoms with Gasteiger partial charge in [0.2, 0.25) is 0 Å². The number of carbonyl (C=O) groups excluding carboxylic acids is 1. The van der Waals surface area contributed by atoms with Gasteiger partial charge in [-0.1, -0.05) is 25.0 Å². The number of piperazine rings is 1. The van der Waals surface area contributed by atoms with Gasteiger partial charge < -0.3 is 14.7 Å². The molecule has 1 aromatic heterocycles. The maximum absolute atomic E-state index is 12.8. The van der Waals surface area contributed by atoms with Crippen LogP contribution in [0.4, 0.5) is 11.6 Å². The number of halogens is 1. The van der Waals surface area contributed by atoms with Crippen LogP contribution in [0.15, 0.2) is 40.9 Å². The number of hydrogen-bond donors (Lipinski definition) is 0. The van der Waals surface area contributed by atoms with Crippen LogP contribution in [0, 0.1) is 0 Å². The van der Waals surface area contributed by atoms with E-state index in [9.17, 15) is 4.79 Å². The van der Waals surface area contributed by atoms with E-state index < -0.39 is 0 Å². The minimum atomic E-state index is 0.0784. The van der Waals surface area contributed by atoms with Crippen LogP contribution in [0.25, 0.3) is 0 Å². The Morgan fingerprint density at radius 3 is 1.89 bits per heavy atom. The maximum Gasteiger partial charge on any atom is 0.255 e. The smallest absolute Gasteiger partial charge is 0.255 e. The number of hydrogen-bond acceptors (Lipinski definition) is 5. The first kappa shape index (κ1) is 19.2. The fourth-order valence-electron chi connectivity index (χ4n) is 3.90. The van der Waals surface area contributed by atoms with Gasteiger partial charge in [-0.05, 0) is 53.0 Å². The lowest BCUT2D eigenvalue weighted by atomic mass is 10.2. The second-order valence-electron chi connectivity index (χ2n) is 7.41. The Balaban J connectivity index is 1.36. The van der Waals surface area contributed by atoms with Crippen molar-refractivity contribution >= 4 is 33.5 Å². The van der Waals surface area contributed by atoms with Crippen LogP contribution in [0.2, 0.25) is 0 Å². The topological polar surface area (TPSA) is 52.6 Å². The average Bonchev–Trinajstić information content (AvgIpc) is 3.04. The zero-order valence-electron chi connectivity index (χ0n) is 16.1. The maximum atomic E-state index is 12.8. The van der Waals surface area contributed by atoms with E-state index in [0.717, 1.165) is 47.9 Å². The summed E-state index contributed by atoms with van der Waals surface area (Å²) in [6, 6.07) is 11.8. The highest BCUT2D eigenvalue weighted by atomic mass is 79.9. The molecule has 7 heteroatoms. The summed E-state index contributed by atoms with van der Waals surface area (Å²) in [4.78, 5) is 19.2. The van der Waals surface area contributed by atoms with Crippen molar-refractivity contribution < 1.29 is 4.79 Å². The molecular formula is C21H26BrN5O. The van der Waals surface area contributed by atoms with Crippen molar-refractivity contribution in [2.45, 2.75) is 25.7 Å². The summed E-state index contributed by atoms with van der Waals surface area (Å²) < 4.78 is 0.845. The first-order valence-corrected chi connectivity index (χ1v) is 10.9. The normalized spacial score (nSPS) is 18.1. The van der Waals surface area contributed by atoms with Crippen LogP contribution in [0.1, 0.15) is 36.0 Å². The quantitative estimate of drug-likeness (QED) is 0.725. The van der Waals surface area contributed by atoms with E-state index in [1.165, 1.54) is 25.7 Å². The molecule has 0 radical (unpaired) electrons. The summed E-state index contributed by atoms with van der Waals surface area (Å²) >= 11 is 3.48. The standard InChI is InChI=1S/C21H26BrN5O/c22-18-8-4-3-7-17(18)21(28)27-15-13-26(14-16-27)20-10-9-19(23-24-20)25-11-5-1-2-6-12-25/h3-4,7-10H,1-2,5-6,11-16H2. The van der Waals surface area contributed by atoms with Crippen LogP contribution in [-0.4, -0.2) is 60.3 Å². The number of amides is 1. The molecule has 6 nitrogen and oxygen atoms in total. The highest BCUT2D eigenvalue weighted by Crippen LogP contribution is 2.22. The third-order valence-electron chi connectivity index (χ3n) is 5.56. The Kier molecular flexibility index (Phi) is 6.10. The van der Waals surface area contributed by atoms with E-state index in [1.54, 1.807) is 0 Å². The number of rotatable bonds is 3. The number of carbonyl (C=O) groups is 1. The average molecular weight is 444 g/mol. The molecule has 1 aromatic carbocycles. The van der Waals surface area contributed by atoms with Crippen LogP contribution in [-0.2, 0) is 0 Å². The fourth-order valence-corrected chi connectivity index (χ4v) is 4.35. The SMILES string of the molecule is O=C(c1ccccc1Br)N1CCN(c2ccc(N3CCCCCC3)nn2)CC1. The van der Waals surface area contributed by atoms with E-state index in [-0.39, 0.29) is 5.91 Å². The highest BCUT2D eigenvalue weighted by Gasteiger charge is 2.24. The van der Waals surface area contributed by atoms with Crippen LogP contribution in [0.3, 0.4) is 0 Å². The second kappa shape index (κ2) is 8.90. The monoisotopic (exact) mass is 443 g/mol. The van der Waals surface area contributed by atoms with E-state index >= 15 is 0 Å². The summed E-state index contributed by atoms with van der Waals surface area (Å²) in [6.07, 6.45) is 5.09. The van der Waals surface area contributed by atoms with E-state index in [4.69, 9.17) is 0 Å². The second-order valence-corrected chi connectivity index (χ2v) is 8.26. The Morgan fingerprint density at radius 2 is 1.32 bits per heavy atom. The van der Waals surface area contributed by atoms with Gasteiger partial charge in [-0.2, -0.15) is 0 Å². The minimum Gasteiger partial charge on any atom is -0.355 e. The van der Waals surface area contributed by atoms with Gasteiger partial charge in [0, 0.05) is 43.7 Å². The summed E-state index contributed by atoms with van der Waals surface area (Å²) in [5.74, 6) is 1.95. The van der Waals surface area contributed by atoms with Gasteiger partial charge in [-0.15, -0.1) is 10.2 Å². The van der Waals surface area contributed by atoms with Gasteiger partial charge in [0.25, 0.3) is 5.91 Å². The molecule has 0 N–H and O–H groups in total. The molecule has 2 aliphatic rings. The molecule has 3 heterocycles. The fraction of sp³-hybridized carbons (Fsp3) is 0.476. The van der Waals surface area contributed by atoms with Crippen molar-refractivity contribution in [3.05, 3.63) is 46.4 Å². The summed E-state index contributed by atoms with van der Waals surface area (Å²) in [5, 5.41) is 8.95. The first-order valence-electron chi connectivity index (χ1n) is 10.1. The lowest BCUT2D eigenvalue weighted by molar-refractivity contribution is 0.0745. The van der Waals surface area contributed by atoms with Crippen molar-refractivity contribution in [2.75, 3.05) is 49.1 Å². The Bertz CT molecular complexity index is 797. The molecule has 0 spiro atoms. The van der Waals surface area contributed by atoms with Crippen molar-refractivity contribution in [1.29, 1.82) is 0 Å². The Hall–Kier alpha value is -2.15. The molecule has 0 bridgehead atoms. The molecule has 0 saturated carbocycles. The highest BCUT2D eigenvalue weighted by molar-refractivity contribution is 9.10. The van der Waals surface area contributed by atoms with Crippen molar-refractivity contribution in [3.63, 3.8) is 0 Å². The largest absolute Gasteiger partial charge is 0.355 e. The zero-order chi connectivity index (χ0) is 19.3. The lowest BCUT2D eigenvalue weighted by Gasteiger charge is -2.35. The van der Waals surface area contributed by atoms with Crippen molar-refractivity contribution in [2.24, 2.45) is 0 Å². The molecule has 2 saturated heterocycles. The van der Waals surface area contributed by atoms with E-state index in [1.807, 2.05) is 29.2 Å². The van der Waals surface area contributed by atoms with Gasteiger partial charge in [0.1, 0.15) is 0 Å². The Morgan fingerprint density at radius 1 is 0.750 bits per heavy atom. The summed E-state index contributed by atoms with van der Waals surface area (Å²) in [7, 11) is 0. The molecule has 0 unspecified atom stereocenters. The van der Waals surface area contributed by atoms with E-state index in [2.05, 4.69) is 48.1 Å². The van der Waals surface area contributed by atoms with Crippen LogP contribution < -0.4 is 9.80 Å². The van der Waals surface area contributed by atoms with Gasteiger partial charge in [0.15, 0.2) is 11.6 Å². The van der Waals surface area contributed by atoms with E-state index in [0.29, 0.717) is 13.1 Å². The van der Waals surface area contributed by atoms with Crippen LogP contribution in [0.5, 0.6) is 0 Å². The van der Waals surface area contributed by atoms with Crippen LogP contribution >= 0.6 is 15.9 Å². The molecule has 1 amide bonds. The molecule has 0 aliphatic carbocycles. The third-order valence-corrected chi connectivity index (χ3v) is 6.25. The van der Waals surface area contributed by atoms with Gasteiger partial charge in [-0.3, -0.25) is 4.79 Å². The van der Waals surface area contributed by atoms with Gasteiger partial charge in [0.05, 0.1) is 5.56 Å². The number of aromatic nitrogens is 2. The third kappa shape index (κ3) is 4.29. The molecule has 28 heavy (non-hydrogen) atoms. The van der Waals surface area contributed by atoms with Crippen molar-refractivity contribution in [1.82, 2.24) is 15.1 Å². The Labute approximate surface area is 174 Å². The van der Waals surface area contributed by atoms with Gasteiger partial charge >= 0.3 is 0 Å². The predicted octanol–water partition coefficient (Wildman–Crippen LogP) is 3.58. The summed E-state index contributed by atoms with van der Waals surface area (Å²) in [6.45, 7) is 5.07. The number of anilines is 2.